The molecule has 1 aromatic carbocycles. The fourth-order valence-electron chi connectivity index (χ4n) is 2.48. The van der Waals surface area contributed by atoms with Crippen molar-refractivity contribution < 1.29 is 0 Å². The highest BCUT2D eigenvalue weighted by molar-refractivity contribution is 5.34. The maximum Gasteiger partial charge on any atom is 0.0133 e. The molecule has 2 atom stereocenters. The van der Waals surface area contributed by atoms with Crippen LogP contribution in [0.2, 0.25) is 0 Å². The van der Waals surface area contributed by atoms with Crippen LogP contribution in [-0.2, 0) is 6.42 Å². The maximum atomic E-state index is 3.72. The Morgan fingerprint density at radius 3 is 2.22 bits per heavy atom. The molecule has 102 valence electrons. The summed E-state index contributed by atoms with van der Waals surface area (Å²) in [6.07, 6.45) is 3.61. The zero-order valence-electron chi connectivity index (χ0n) is 12.7. The molecule has 0 aliphatic carbocycles. The zero-order chi connectivity index (χ0) is 13.5. The largest absolute Gasteiger partial charge is 0.313 e. The minimum atomic E-state index is 0.606. The highest BCUT2D eigenvalue weighted by Crippen LogP contribution is 2.19. The molecule has 1 nitrogen and oxygen atoms in total. The summed E-state index contributed by atoms with van der Waals surface area (Å²) >= 11 is 0. The highest BCUT2D eigenvalue weighted by Gasteiger charge is 2.17. The van der Waals surface area contributed by atoms with Crippen molar-refractivity contribution in [2.24, 2.45) is 5.92 Å². The van der Waals surface area contributed by atoms with Crippen molar-refractivity contribution >= 4 is 0 Å². The van der Waals surface area contributed by atoms with Gasteiger partial charge in [0, 0.05) is 6.04 Å². The molecule has 0 radical (unpaired) electrons. The lowest BCUT2D eigenvalue weighted by molar-refractivity contribution is 0.364. The second-order valence-electron chi connectivity index (χ2n) is 5.52. The molecular formula is C17H29N. The van der Waals surface area contributed by atoms with Crippen LogP contribution in [0, 0.1) is 19.8 Å². The van der Waals surface area contributed by atoms with E-state index in [2.05, 4.69) is 58.1 Å². The number of hydrogen-bond donors (Lipinski definition) is 1. The van der Waals surface area contributed by atoms with E-state index in [1.165, 1.54) is 29.5 Å². The molecule has 0 spiro atoms. The third-order valence-electron chi connectivity index (χ3n) is 4.06. The molecule has 0 aromatic heterocycles. The van der Waals surface area contributed by atoms with Crippen molar-refractivity contribution in [2.75, 3.05) is 6.54 Å². The van der Waals surface area contributed by atoms with Gasteiger partial charge in [-0.05, 0) is 55.8 Å². The Balaban J connectivity index is 2.81. The number of rotatable bonds is 7. The summed E-state index contributed by atoms with van der Waals surface area (Å²) < 4.78 is 0. The van der Waals surface area contributed by atoms with Gasteiger partial charge in [0.25, 0.3) is 0 Å². The third kappa shape index (κ3) is 4.13. The molecule has 0 amide bonds. The molecule has 1 N–H and O–H groups in total. The van der Waals surface area contributed by atoms with Crippen molar-refractivity contribution in [1.82, 2.24) is 5.32 Å². The van der Waals surface area contributed by atoms with Crippen LogP contribution in [0.4, 0.5) is 0 Å². The van der Waals surface area contributed by atoms with Crippen molar-refractivity contribution in [1.29, 1.82) is 0 Å². The first-order chi connectivity index (χ1) is 8.60. The lowest BCUT2D eigenvalue weighted by Crippen LogP contribution is -2.37. The number of nitrogens with one attached hydrogen (secondary N) is 1. The van der Waals surface area contributed by atoms with Gasteiger partial charge < -0.3 is 5.32 Å². The minimum Gasteiger partial charge on any atom is -0.313 e. The monoisotopic (exact) mass is 247 g/mol. The van der Waals surface area contributed by atoms with Gasteiger partial charge in [0.2, 0.25) is 0 Å². The first kappa shape index (κ1) is 15.2. The molecular weight excluding hydrogens is 218 g/mol. The van der Waals surface area contributed by atoms with Crippen LogP contribution in [0.5, 0.6) is 0 Å². The van der Waals surface area contributed by atoms with Crippen LogP contribution in [0.25, 0.3) is 0 Å². The van der Waals surface area contributed by atoms with Gasteiger partial charge in [-0.15, -0.1) is 0 Å². The van der Waals surface area contributed by atoms with Crippen LogP contribution in [0.3, 0.4) is 0 Å². The van der Waals surface area contributed by atoms with Gasteiger partial charge in [-0.1, -0.05) is 45.4 Å². The number of aryl methyl sites for hydroxylation is 2. The summed E-state index contributed by atoms with van der Waals surface area (Å²) in [5.74, 6) is 0.732. The van der Waals surface area contributed by atoms with E-state index >= 15 is 0 Å². The smallest absolute Gasteiger partial charge is 0.0133 e. The zero-order valence-corrected chi connectivity index (χ0v) is 12.7. The third-order valence-corrected chi connectivity index (χ3v) is 4.06. The quantitative estimate of drug-likeness (QED) is 0.759. The SMILES string of the molecule is CCCNC(Cc1c(C)cccc1C)C(C)CC. The molecule has 0 saturated carbocycles. The highest BCUT2D eigenvalue weighted by atomic mass is 14.9. The summed E-state index contributed by atoms with van der Waals surface area (Å²) in [7, 11) is 0. The second kappa shape index (κ2) is 7.58. The van der Waals surface area contributed by atoms with Crippen molar-refractivity contribution in [3.8, 4) is 0 Å². The van der Waals surface area contributed by atoms with Gasteiger partial charge >= 0.3 is 0 Å². The molecule has 1 rings (SSSR count). The van der Waals surface area contributed by atoms with E-state index in [1.54, 1.807) is 0 Å². The molecule has 0 saturated heterocycles. The summed E-state index contributed by atoms with van der Waals surface area (Å²) in [4.78, 5) is 0. The predicted octanol–water partition coefficient (Wildman–Crippen LogP) is 4.26. The van der Waals surface area contributed by atoms with E-state index in [-0.39, 0.29) is 0 Å². The lowest BCUT2D eigenvalue weighted by Gasteiger charge is -2.26. The summed E-state index contributed by atoms with van der Waals surface area (Å²) in [5.41, 5.74) is 4.40. The van der Waals surface area contributed by atoms with Gasteiger partial charge in [-0.3, -0.25) is 0 Å². The van der Waals surface area contributed by atoms with Crippen molar-refractivity contribution in [2.45, 2.75) is 59.9 Å². The van der Waals surface area contributed by atoms with Crippen molar-refractivity contribution in [3.63, 3.8) is 0 Å². The summed E-state index contributed by atoms with van der Waals surface area (Å²) in [6.45, 7) is 12.5. The Morgan fingerprint density at radius 1 is 1.11 bits per heavy atom. The van der Waals surface area contributed by atoms with E-state index in [9.17, 15) is 0 Å². The number of hydrogen-bond acceptors (Lipinski definition) is 1. The fraction of sp³-hybridized carbons (Fsp3) is 0.647. The van der Waals surface area contributed by atoms with Gasteiger partial charge in [0.05, 0.1) is 0 Å². The van der Waals surface area contributed by atoms with E-state index in [0.717, 1.165) is 18.9 Å². The lowest BCUT2D eigenvalue weighted by atomic mass is 9.89. The predicted molar refractivity (Wildman–Crippen MR) is 81.2 cm³/mol. The van der Waals surface area contributed by atoms with Crippen LogP contribution in [0.1, 0.15) is 50.3 Å². The van der Waals surface area contributed by atoms with E-state index < -0.39 is 0 Å². The minimum absolute atomic E-state index is 0.606. The Hall–Kier alpha value is -0.820. The van der Waals surface area contributed by atoms with Crippen LogP contribution >= 0.6 is 0 Å². The molecule has 0 aliphatic rings. The van der Waals surface area contributed by atoms with Gasteiger partial charge in [-0.2, -0.15) is 0 Å². The van der Waals surface area contributed by atoms with Gasteiger partial charge in [0.15, 0.2) is 0 Å². The molecule has 0 bridgehead atoms. The average Bonchev–Trinajstić information content (AvgIpc) is 2.36. The fourth-order valence-corrected chi connectivity index (χ4v) is 2.48. The van der Waals surface area contributed by atoms with Gasteiger partial charge in [0.1, 0.15) is 0 Å². The standard InChI is InChI=1S/C17H29N/c1-6-11-18-17(13(3)7-2)12-16-14(4)9-8-10-15(16)5/h8-10,13,17-18H,6-7,11-12H2,1-5H3. The molecule has 0 aliphatic heterocycles. The molecule has 2 unspecified atom stereocenters. The number of benzene rings is 1. The molecule has 1 heteroatoms. The Labute approximate surface area is 113 Å². The molecule has 18 heavy (non-hydrogen) atoms. The van der Waals surface area contributed by atoms with Crippen LogP contribution < -0.4 is 5.32 Å². The summed E-state index contributed by atoms with van der Waals surface area (Å²) in [5, 5.41) is 3.72. The normalized spacial score (nSPS) is 14.5. The van der Waals surface area contributed by atoms with Gasteiger partial charge in [-0.25, -0.2) is 0 Å². The first-order valence-electron chi connectivity index (χ1n) is 7.38. The Kier molecular flexibility index (Phi) is 6.42. The van der Waals surface area contributed by atoms with Crippen LogP contribution in [-0.4, -0.2) is 12.6 Å². The molecule has 0 heterocycles. The van der Waals surface area contributed by atoms with Crippen LogP contribution in [0.15, 0.2) is 18.2 Å². The second-order valence-corrected chi connectivity index (χ2v) is 5.52. The van der Waals surface area contributed by atoms with E-state index in [4.69, 9.17) is 0 Å². The Bertz CT molecular complexity index is 336. The summed E-state index contributed by atoms with van der Waals surface area (Å²) in [6, 6.07) is 7.23. The van der Waals surface area contributed by atoms with E-state index in [0.29, 0.717) is 6.04 Å². The molecule has 1 aromatic rings. The first-order valence-corrected chi connectivity index (χ1v) is 7.38. The maximum absolute atomic E-state index is 3.72. The van der Waals surface area contributed by atoms with E-state index in [1.807, 2.05) is 0 Å². The topological polar surface area (TPSA) is 12.0 Å². The average molecular weight is 247 g/mol. The Morgan fingerprint density at radius 2 is 1.72 bits per heavy atom. The molecule has 0 fully saturated rings. The van der Waals surface area contributed by atoms with Crippen molar-refractivity contribution in [3.05, 3.63) is 34.9 Å².